The van der Waals surface area contributed by atoms with Crippen molar-refractivity contribution >= 4 is 23.1 Å². The maximum Gasteiger partial charge on any atom is 0.278 e. The van der Waals surface area contributed by atoms with Crippen LogP contribution in [0.1, 0.15) is 17.5 Å². The first-order chi connectivity index (χ1) is 14.6. The van der Waals surface area contributed by atoms with Gasteiger partial charge in [-0.15, -0.1) is 0 Å². The lowest BCUT2D eigenvalue weighted by Gasteiger charge is -2.27. The van der Waals surface area contributed by atoms with Crippen LogP contribution in [0.15, 0.2) is 60.3 Å². The minimum absolute atomic E-state index is 0.234. The van der Waals surface area contributed by atoms with E-state index in [0.29, 0.717) is 17.8 Å². The molecule has 0 atom stereocenters. The zero-order chi connectivity index (χ0) is 20.9. The van der Waals surface area contributed by atoms with Gasteiger partial charge in [-0.2, -0.15) is 0 Å². The lowest BCUT2D eigenvalue weighted by molar-refractivity contribution is -0.136. The number of anilines is 1. The third-order valence-electron chi connectivity index (χ3n) is 5.51. The van der Waals surface area contributed by atoms with Crippen molar-refractivity contribution in [2.24, 2.45) is 0 Å². The molecule has 2 aliphatic rings. The van der Waals surface area contributed by atoms with Gasteiger partial charge in [-0.05, 0) is 31.0 Å². The molecule has 30 heavy (non-hydrogen) atoms. The molecule has 156 valence electrons. The Kier molecular flexibility index (Phi) is 6.26. The van der Waals surface area contributed by atoms with Gasteiger partial charge in [-0.3, -0.25) is 19.4 Å². The maximum atomic E-state index is 13.2. The van der Waals surface area contributed by atoms with Crippen molar-refractivity contribution in [3.8, 4) is 0 Å². The van der Waals surface area contributed by atoms with Crippen LogP contribution in [0.25, 0.3) is 5.57 Å². The summed E-state index contributed by atoms with van der Waals surface area (Å²) in [7, 11) is 0. The fourth-order valence-electron chi connectivity index (χ4n) is 3.83. The highest BCUT2D eigenvalue weighted by molar-refractivity contribution is 6.36. The van der Waals surface area contributed by atoms with Gasteiger partial charge in [0.1, 0.15) is 5.70 Å². The Morgan fingerprint density at radius 1 is 0.900 bits per heavy atom. The van der Waals surface area contributed by atoms with Gasteiger partial charge in [0.05, 0.1) is 18.8 Å². The van der Waals surface area contributed by atoms with E-state index in [2.05, 4.69) is 10.2 Å². The molecule has 0 spiro atoms. The number of nitrogens with zero attached hydrogens (tertiary/aromatic N) is 2. The SMILES string of the molecule is Cc1ccc(NC2=C(c3ccccc3)C(=O)N(CCCN3CCOCC3)C2=O)cc1. The third-order valence-corrected chi connectivity index (χ3v) is 5.51. The van der Waals surface area contributed by atoms with Gasteiger partial charge < -0.3 is 10.1 Å². The Labute approximate surface area is 177 Å². The fraction of sp³-hybridized carbons (Fsp3) is 0.333. The number of ether oxygens (including phenoxy) is 1. The largest absolute Gasteiger partial charge is 0.379 e. The second-order valence-corrected chi connectivity index (χ2v) is 7.68. The smallest absolute Gasteiger partial charge is 0.278 e. The molecule has 1 N–H and O–H groups in total. The number of aryl methyl sites for hydroxylation is 1. The minimum atomic E-state index is -0.263. The molecule has 0 aliphatic carbocycles. The zero-order valence-electron chi connectivity index (χ0n) is 17.3. The van der Waals surface area contributed by atoms with Gasteiger partial charge in [0.25, 0.3) is 11.8 Å². The average molecular weight is 405 g/mol. The van der Waals surface area contributed by atoms with Crippen LogP contribution in [0.5, 0.6) is 0 Å². The Balaban J connectivity index is 1.53. The maximum absolute atomic E-state index is 13.2. The number of carbonyl (C=O) groups excluding carboxylic acids is 2. The molecule has 2 aliphatic heterocycles. The average Bonchev–Trinajstić information content (AvgIpc) is 3.01. The molecule has 2 aromatic rings. The van der Waals surface area contributed by atoms with Gasteiger partial charge in [-0.25, -0.2) is 0 Å². The van der Waals surface area contributed by atoms with Crippen LogP contribution in [0.3, 0.4) is 0 Å². The van der Waals surface area contributed by atoms with Crippen molar-refractivity contribution in [1.82, 2.24) is 9.80 Å². The number of hydrogen-bond donors (Lipinski definition) is 1. The molecule has 2 amide bonds. The summed E-state index contributed by atoms with van der Waals surface area (Å²) in [4.78, 5) is 30.1. The molecular weight excluding hydrogens is 378 g/mol. The van der Waals surface area contributed by atoms with Crippen molar-refractivity contribution < 1.29 is 14.3 Å². The quantitative estimate of drug-likeness (QED) is 0.718. The summed E-state index contributed by atoms with van der Waals surface area (Å²) in [6, 6.07) is 17.2. The van der Waals surface area contributed by atoms with Gasteiger partial charge in [0, 0.05) is 31.9 Å². The van der Waals surface area contributed by atoms with Gasteiger partial charge in [0.2, 0.25) is 0 Å². The summed E-state index contributed by atoms with van der Waals surface area (Å²) in [6.45, 7) is 6.55. The second-order valence-electron chi connectivity index (χ2n) is 7.68. The summed E-state index contributed by atoms with van der Waals surface area (Å²) in [5.74, 6) is -0.496. The summed E-state index contributed by atoms with van der Waals surface area (Å²) in [6.07, 6.45) is 0.747. The number of benzene rings is 2. The number of nitrogens with one attached hydrogen (secondary N) is 1. The summed E-state index contributed by atoms with van der Waals surface area (Å²) in [5, 5.41) is 3.21. The van der Waals surface area contributed by atoms with Crippen LogP contribution in [-0.2, 0) is 14.3 Å². The molecule has 0 unspecified atom stereocenters. The molecule has 1 saturated heterocycles. The Bertz CT molecular complexity index is 932. The summed E-state index contributed by atoms with van der Waals surface area (Å²) < 4.78 is 5.38. The first-order valence-electron chi connectivity index (χ1n) is 10.4. The predicted molar refractivity (Wildman–Crippen MR) is 117 cm³/mol. The molecule has 0 bridgehead atoms. The second kappa shape index (κ2) is 9.24. The van der Waals surface area contributed by atoms with Crippen LogP contribution < -0.4 is 5.32 Å². The third kappa shape index (κ3) is 4.45. The fourth-order valence-corrected chi connectivity index (χ4v) is 3.83. The summed E-state index contributed by atoms with van der Waals surface area (Å²) >= 11 is 0. The van der Waals surface area contributed by atoms with E-state index >= 15 is 0 Å². The normalized spacial score (nSPS) is 17.7. The molecule has 4 rings (SSSR count). The molecule has 2 heterocycles. The van der Waals surface area contributed by atoms with Crippen molar-refractivity contribution in [3.63, 3.8) is 0 Å². The Morgan fingerprint density at radius 2 is 1.60 bits per heavy atom. The van der Waals surface area contributed by atoms with Crippen LogP contribution in [0, 0.1) is 6.92 Å². The summed E-state index contributed by atoms with van der Waals surface area (Å²) in [5.41, 5.74) is 3.46. The highest BCUT2D eigenvalue weighted by atomic mass is 16.5. The van der Waals surface area contributed by atoms with Gasteiger partial charge in [-0.1, -0.05) is 48.0 Å². The molecule has 0 saturated carbocycles. The number of carbonyl (C=O) groups is 2. The molecular formula is C24H27N3O3. The van der Waals surface area contributed by atoms with E-state index in [9.17, 15) is 9.59 Å². The predicted octanol–water partition coefficient (Wildman–Crippen LogP) is 2.91. The van der Waals surface area contributed by atoms with Crippen molar-refractivity contribution in [1.29, 1.82) is 0 Å². The van der Waals surface area contributed by atoms with Crippen LogP contribution in [-0.4, -0.2) is 61.0 Å². The molecule has 1 fully saturated rings. The zero-order valence-corrected chi connectivity index (χ0v) is 17.3. The topological polar surface area (TPSA) is 61.9 Å². The molecule has 0 aromatic heterocycles. The Hall–Kier alpha value is -2.96. The van der Waals surface area contributed by atoms with E-state index in [-0.39, 0.29) is 11.8 Å². The van der Waals surface area contributed by atoms with Crippen molar-refractivity contribution in [3.05, 3.63) is 71.4 Å². The first kappa shape index (κ1) is 20.3. The molecule has 6 nitrogen and oxygen atoms in total. The minimum Gasteiger partial charge on any atom is -0.379 e. The monoisotopic (exact) mass is 405 g/mol. The molecule has 0 radical (unpaired) electrons. The molecule has 2 aromatic carbocycles. The number of imide groups is 1. The highest BCUT2D eigenvalue weighted by Crippen LogP contribution is 2.30. The number of amides is 2. The van der Waals surface area contributed by atoms with Crippen LogP contribution in [0.2, 0.25) is 0 Å². The van der Waals surface area contributed by atoms with Gasteiger partial charge >= 0.3 is 0 Å². The van der Waals surface area contributed by atoms with E-state index in [1.807, 2.05) is 61.5 Å². The lowest BCUT2D eigenvalue weighted by Crippen LogP contribution is -2.39. The van der Waals surface area contributed by atoms with Crippen molar-refractivity contribution in [2.75, 3.05) is 44.7 Å². The van der Waals surface area contributed by atoms with E-state index < -0.39 is 0 Å². The van der Waals surface area contributed by atoms with Crippen molar-refractivity contribution in [2.45, 2.75) is 13.3 Å². The number of morpholine rings is 1. The standard InChI is InChI=1S/C24H27N3O3/c1-18-8-10-20(11-9-18)25-22-21(19-6-3-2-4-7-19)23(28)27(24(22)29)13-5-12-26-14-16-30-17-15-26/h2-4,6-11,25H,5,12-17H2,1H3. The van der Waals surface area contributed by atoms with E-state index in [0.717, 1.165) is 56.1 Å². The highest BCUT2D eigenvalue weighted by Gasteiger charge is 2.38. The van der Waals surface area contributed by atoms with E-state index in [4.69, 9.17) is 4.74 Å². The molecule has 6 heteroatoms. The number of hydrogen-bond acceptors (Lipinski definition) is 5. The van der Waals surface area contributed by atoms with Gasteiger partial charge in [0.15, 0.2) is 0 Å². The lowest BCUT2D eigenvalue weighted by atomic mass is 10.0. The number of rotatable bonds is 7. The van der Waals surface area contributed by atoms with Crippen LogP contribution >= 0.6 is 0 Å². The van der Waals surface area contributed by atoms with E-state index in [1.54, 1.807) is 0 Å². The Morgan fingerprint density at radius 3 is 2.30 bits per heavy atom. The van der Waals surface area contributed by atoms with E-state index in [1.165, 1.54) is 4.90 Å². The first-order valence-corrected chi connectivity index (χ1v) is 10.4. The van der Waals surface area contributed by atoms with Crippen LogP contribution in [0.4, 0.5) is 5.69 Å².